The summed E-state index contributed by atoms with van der Waals surface area (Å²) in [6.07, 6.45) is 0.800. The standard InChI is InChI=1S/C19H22O8S/c1-12-15(17(21)19(26-3)18(25-2)16(12)20)8-5-9-27-11-13-6-4-7-14(10-13)28(22,23)24/h4,6-7,10H,5,8-9,11H2,1-3H3,(H,22,23,24). The van der Waals surface area contributed by atoms with E-state index in [0.29, 0.717) is 29.6 Å². The Hall–Kier alpha value is -2.49. The van der Waals surface area contributed by atoms with E-state index in [-0.39, 0.29) is 41.2 Å². The highest BCUT2D eigenvalue weighted by Crippen LogP contribution is 2.28. The van der Waals surface area contributed by atoms with Gasteiger partial charge in [-0.05, 0) is 37.5 Å². The fourth-order valence-corrected chi connectivity index (χ4v) is 3.38. The molecule has 8 nitrogen and oxygen atoms in total. The van der Waals surface area contributed by atoms with Crippen LogP contribution in [0, 0.1) is 0 Å². The highest BCUT2D eigenvalue weighted by Gasteiger charge is 2.34. The van der Waals surface area contributed by atoms with Crippen LogP contribution in [0.4, 0.5) is 0 Å². The Morgan fingerprint density at radius 1 is 1.04 bits per heavy atom. The first-order valence-electron chi connectivity index (χ1n) is 8.46. The summed E-state index contributed by atoms with van der Waals surface area (Å²) >= 11 is 0. The maximum atomic E-state index is 12.5. The van der Waals surface area contributed by atoms with Crippen molar-refractivity contribution < 1.29 is 36.8 Å². The molecule has 0 atom stereocenters. The summed E-state index contributed by atoms with van der Waals surface area (Å²) in [7, 11) is -1.65. The second-order valence-corrected chi connectivity index (χ2v) is 7.53. The molecular weight excluding hydrogens is 388 g/mol. The number of carbonyl (C=O) groups excluding carboxylic acids is 2. The summed E-state index contributed by atoms with van der Waals surface area (Å²) in [6, 6.07) is 5.79. The minimum atomic E-state index is -4.26. The van der Waals surface area contributed by atoms with Gasteiger partial charge in [-0.25, -0.2) is 0 Å². The number of hydrogen-bond donors (Lipinski definition) is 1. The first-order chi connectivity index (χ1) is 13.2. The zero-order valence-corrected chi connectivity index (χ0v) is 16.7. The van der Waals surface area contributed by atoms with Gasteiger partial charge in [-0.2, -0.15) is 8.42 Å². The summed E-state index contributed by atoms with van der Waals surface area (Å²) in [5, 5.41) is 0. The molecule has 2 rings (SSSR count). The summed E-state index contributed by atoms with van der Waals surface area (Å²) in [5.74, 6) is -0.950. The predicted octanol–water partition coefficient (Wildman–Crippen LogP) is 2.20. The van der Waals surface area contributed by atoms with Gasteiger partial charge in [-0.1, -0.05) is 12.1 Å². The molecule has 0 fully saturated rings. The van der Waals surface area contributed by atoms with Crippen molar-refractivity contribution in [2.75, 3.05) is 20.8 Å². The van der Waals surface area contributed by atoms with E-state index in [1.54, 1.807) is 13.0 Å². The first kappa shape index (κ1) is 21.8. The van der Waals surface area contributed by atoms with Gasteiger partial charge in [0.2, 0.25) is 23.1 Å². The van der Waals surface area contributed by atoms with E-state index in [0.717, 1.165) is 0 Å². The highest BCUT2D eigenvalue weighted by molar-refractivity contribution is 7.85. The summed E-state index contributed by atoms with van der Waals surface area (Å²) < 4.78 is 46.9. The molecule has 28 heavy (non-hydrogen) atoms. The molecule has 0 amide bonds. The van der Waals surface area contributed by atoms with E-state index < -0.39 is 10.1 Å². The van der Waals surface area contributed by atoms with E-state index in [1.807, 2.05) is 0 Å². The molecule has 0 heterocycles. The number of methoxy groups -OCH3 is 2. The summed E-state index contributed by atoms with van der Waals surface area (Å²) in [6.45, 7) is 2.01. The Balaban J connectivity index is 1.93. The monoisotopic (exact) mass is 410 g/mol. The molecule has 1 aromatic carbocycles. The van der Waals surface area contributed by atoms with Crippen LogP contribution < -0.4 is 0 Å². The molecule has 0 radical (unpaired) electrons. The van der Waals surface area contributed by atoms with Gasteiger partial charge in [-0.3, -0.25) is 14.1 Å². The van der Waals surface area contributed by atoms with E-state index in [9.17, 15) is 18.0 Å². The Morgan fingerprint density at radius 2 is 1.68 bits per heavy atom. The van der Waals surface area contributed by atoms with Crippen molar-refractivity contribution >= 4 is 21.7 Å². The Bertz CT molecular complexity index is 940. The van der Waals surface area contributed by atoms with Gasteiger partial charge in [0.1, 0.15) is 0 Å². The highest BCUT2D eigenvalue weighted by atomic mass is 32.2. The molecule has 0 bridgehead atoms. The van der Waals surface area contributed by atoms with E-state index in [1.165, 1.54) is 32.4 Å². The third kappa shape index (κ3) is 4.86. The number of ketones is 2. The van der Waals surface area contributed by atoms with Crippen molar-refractivity contribution in [2.24, 2.45) is 0 Å². The van der Waals surface area contributed by atoms with Crippen LogP contribution in [0.25, 0.3) is 0 Å². The SMILES string of the molecule is COC1=C(OC)C(=O)C(CCCOCc2cccc(S(=O)(=O)O)c2)=C(C)C1=O. The van der Waals surface area contributed by atoms with Crippen molar-refractivity contribution in [3.05, 3.63) is 52.5 Å². The topological polar surface area (TPSA) is 116 Å². The Kier molecular flexibility index (Phi) is 7.11. The smallest absolute Gasteiger partial charge is 0.294 e. The molecule has 0 saturated heterocycles. The molecule has 9 heteroatoms. The lowest BCUT2D eigenvalue weighted by molar-refractivity contribution is -0.121. The van der Waals surface area contributed by atoms with Crippen molar-refractivity contribution in [1.29, 1.82) is 0 Å². The molecule has 0 aliphatic heterocycles. The van der Waals surface area contributed by atoms with Crippen molar-refractivity contribution in [1.82, 2.24) is 0 Å². The molecule has 0 saturated carbocycles. The average molecular weight is 410 g/mol. The van der Waals surface area contributed by atoms with E-state index in [4.69, 9.17) is 18.8 Å². The van der Waals surface area contributed by atoms with Gasteiger partial charge in [0.15, 0.2) is 0 Å². The van der Waals surface area contributed by atoms with Gasteiger partial charge in [0, 0.05) is 17.8 Å². The number of Topliss-reactive ketones (excluding diaryl/α,β-unsaturated/α-hetero) is 2. The summed E-state index contributed by atoms with van der Waals surface area (Å²) in [5.41, 5.74) is 1.27. The molecule has 1 aliphatic rings. The van der Waals surface area contributed by atoms with Crippen LogP contribution in [0.15, 0.2) is 51.8 Å². The Morgan fingerprint density at radius 3 is 2.29 bits per heavy atom. The van der Waals surface area contributed by atoms with Crippen molar-refractivity contribution in [3.8, 4) is 0 Å². The minimum Gasteiger partial charge on any atom is -0.489 e. The molecule has 152 valence electrons. The number of rotatable bonds is 9. The lowest BCUT2D eigenvalue weighted by Gasteiger charge is -2.20. The summed E-state index contributed by atoms with van der Waals surface area (Å²) in [4.78, 5) is 24.6. The van der Waals surface area contributed by atoms with Crippen LogP contribution in [0.1, 0.15) is 25.3 Å². The number of hydrogen-bond acceptors (Lipinski definition) is 7. The third-order valence-electron chi connectivity index (χ3n) is 4.27. The quantitative estimate of drug-likeness (QED) is 0.374. The van der Waals surface area contributed by atoms with Gasteiger partial charge in [0.25, 0.3) is 10.1 Å². The van der Waals surface area contributed by atoms with Gasteiger partial charge in [0.05, 0.1) is 25.7 Å². The van der Waals surface area contributed by atoms with Crippen LogP contribution in [-0.2, 0) is 40.5 Å². The second kappa shape index (κ2) is 9.13. The molecule has 0 aromatic heterocycles. The number of ether oxygens (including phenoxy) is 3. The third-order valence-corrected chi connectivity index (χ3v) is 5.12. The van der Waals surface area contributed by atoms with Gasteiger partial charge in [-0.15, -0.1) is 0 Å². The van der Waals surface area contributed by atoms with Gasteiger partial charge < -0.3 is 14.2 Å². The fraction of sp³-hybridized carbons (Fsp3) is 0.368. The zero-order chi connectivity index (χ0) is 20.9. The second-order valence-electron chi connectivity index (χ2n) is 6.11. The normalized spacial score (nSPS) is 15.3. The molecule has 0 unspecified atom stereocenters. The molecular formula is C19H22O8S. The van der Waals surface area contributed by atoms with Gasteiger partial charge >= 0.3 is 0 Å². The fourth-order valence-electron chi connectivity index (χ4n) is 2.83. The van der Waals surface area contributed by atoms with Crippen LogP contribution in [0.3, 0.4) is 0 Å². The van der Waals surface area contributed by atoms with Crippen LogP contribution in [0.5, 0.6) is 0 Å². The minimum absolute atomic E-state index is 0.0938. The first-order valence-corrected chi connectivity index (χ1v) is 9.90. The lowest BCUT2D eigenvalue weighted by Crippen LogP contribution is -2.25. The zero-order valence-electron chi connectivity index (χ0n) is 15.9. The maximum Gasteiger partial charge on any atom is 0.294 e. The van der Waals surface area contributed by atoms with Crippen molar-refractivity contribution in [3.63, 3.8) is 0 Å². The lowest BCUT2D eigenvalue weighted by atomic mass is 9.90. The Labute approximate surface area is 163 Å². The molecule has 1 N–H and O–H groups in total. The largest absolute Gasteiger partial charge is 0.489 e. The van der Waals surface area contributed by atoms with E-state index >= 15 is 0 Å². The predicted molar refractivity (Wildman–Crippen MR) is 98.9 cm³/mol. The number of carbonyl (C=O) groups is 2. The number of allylic oxidation sites excluding steroid dienone is 2. The van der Waals surface area contributed by atoms with Crippen LogP contribution in [0.2, 0.25) is 0 Å². The average Bonchev–Trinajstić information content (AvgIpc) is 2.66. The molecule has 1 aromatic rings. The molecule has 0 spiro atoms. The van der Waals surface area contributed by atoms with Crippen LogP contribution >= 0.6 is 0 Å². The maximum absolute atomic E-state index is 12.5. The number of benzene rings is 1. The van der Waals surface area contributed by atoms with Crippen molar-refractivity contribution in [2.45, 2.75) is 31.3 Å². The van der Waals surface area contributed by atoms with E-state index in [2.05, 4.69) is 0 Å². The molecule has 1 aliphatic carbocycles. The van der Waals surface area contributed by atoms with Crippen LogP contribution in [-0.4, -0.2) is 45.4 Å².